The van der Waals surface area contributed by atoms with Gasteiger partial charge in [-0.3, -0.25) is 0 Å². The molecule has 0 aromatic heterocycles. The van der Waals surface area contributed by atoms with Gasteiger partial charge in [-0.05, 0) is 67.6 Å². The lowest BCUT2D eigenvalue weighted by molar-refractivity contribution is -0.118. The number of hydrogen-bond acceptors (Lipinski definition) is 3. The van der Waals surface area contributed by atoms with Crippen LogP contribution in [-0.2, 0) is 0 Å². The average Bonchev–Trinajstić information content (AvgIpc) is 2.74. The van der Waals surface area contributed by atoms with Crippen molar-refractivity contribution in [2.24, 2.45) is 34.5 Å². The number of terminal acetylenes is 1. The Labute approximate surface area is 151 Å². The minimum atomic E-state index is -1.42. The van der Waals surface area contributed by atoms with Crippen molar-refractivity contribution >= 4 is 0 Å². The largest absolute Gasteiger partial charge is 0.393 e. The third-order valence-corrected chi connectivity index (χ3v) is 8.91. The minimum Gasteiger partial charge on any atom is -0.393 e. The Morgan fingerprint density at radius 2 is 1.92 bits per heavy atom. The van der Waals surface area contributed by atoms with Crippen molar-refractivity contribution in [1.82, 2.24) is 0 Å². The predicted octanol–water partition coefficient (Wildman–Crippen LogP) is 2.89. The van der Waals surface area contributed by atoms with Gasteiger partial charge < -0.3 is 15.3 Å². The summed E-state index contributed by atoms with van der Waals surface area (Å²) in [5.41, 5.74) is -0.243. The summed E-state index contributed by atoms with van der Waals surface area (Å²) in [6.07, 6.45) is 12.7. The highest BCUT2D eigenvalue weighted by molar-refractivity contribution is 5.31. The molecule has 25 heavy (non-hydrogen) atoms. The molecule has 3 fully saturated rings. The van der Waals surface area contributed by atoms with E-state index in [9.17, 15) is 15.3 Å². The molecule has 0 bridgehead atoms. The second-order valence-corrected chi connectivity index (χ2v) is 9.75. The first-order valence-corrected chi connectivity index (χ1v) is 9.95. The lowest BCUT2D eigenvalue weighted by Gasteiger charge is -2.58. The van der Waals surface area contributed by atoms with Gasteiger partial charge in [0.05, 0.1) is 12.2 Å². The SMILES string of the molecule is C#C[C@]1(O)[C@H](O)[C@@H](C)C2C3CC=C4C[C@@H](O)CC[C@]4(C)C3CC[C@@]21C. The van der Waals surface area contributed by atoms with E-state index >= 15 is 0 Å². The topological polar surface area (TPSA) is 60.7 Å². The van der Waals surface area contributed by atoms with E-state index in [1.54, 1.807) is 0 Å². The van der Waals surface area contributed by atoms with Crippen LogP contribution in [0, 0.1) is 46.8 Å². The van der Waals surface area contributed by atoms with Crippen LogP contribution in [0.25, 0.3) is 0 Å². The summed E-state index contributed by atoms with van der Waals surface area (Å²) >= 11 is 0. The maximum Gasteiger partial charge on any atom is 0.156 e. The van der Waals surface area contributed by atoms with Crippen LogP contribution in [0.4, 0.5) is 0 Å². The van der Waals surface area contributed by atoms with E-state index in [4.69, 9.17) is 6.42 Å². The highest BCUT2D eigenvalue weighted by Gasteiger charge is 2.69. The standard InChI is InChI=1S/C22H32O3/c1-5-22(25)19(24)13(2)18-16-7-6-14-12-15(23)8-10-20(14,3)17(16)9-11-21(18,22)4/h1,6,13,15-19,23-25H,7-12H2,2-4H3/t13-,15-,16?,17?,18?,19+,20-,21-,22-/m0/s1. The van der Waals surface area contributed by atoms with Crippen LogP contribution in [0.3, 0.4) is 0 Å². The van der Waals surface area contributed by atoms with Gasteiger partial charge in [0.1, 0.15) is 0 Å². The number of allylic oxidation sites excluding steroid dienone is 1. The van der Waals surface area contributed by atoms with Gasteiger partial charge in [-0.25, -0.2) is 0 Å². The number of hydrogen-bond donors (Lipinski definition) is 3. The summed E-state index contributed by atoms with van der Waals surface area (Å²) in [6, 6.07) is 0. The zero-order valence-electron chi connectivity index (χ0n) is 15.7. The summed E-state index contributed by atoms with van der Waals surface area (Å²) < 4.78 is 0. The summed E-state index contributed by atoms with van der Waals surface area (Å²) in [4.78, 5) is 0. The molecule has 0 aromatic carbocycles. The Balaban J connectivity index is 1.76. The number of rotatable bonds is 0. The van der Waals surface area contributed by atoms with Gasteiger partial charge in [-0.2, -0.15) is 0 Å². The summed E-state index contributed by atoms with van der Waals surface area (Å²) in [7, 11) is 0. The second-order valence-electron chi connectivity index (χ2n) is 9.75. The monoisotopic (exact) mass is 344 g/mol. The molecule has 3 saturated carbocycles. The Kier molecular flexibility index (Phi) is 3.76. The van der Waals surface area contributed by atoms with Crippen LogP contribution >= 0.6 is 0 Å². The Morgan fingerprint density at radius 1 is 1.20 bits per heavy atom. The molecule has 4 aliphatic rings. The van der Waals surface area contributed by atoms with Crippen molar-refractivity contribution in [3.05, 3.63) is 11.6 Å². The normalized spacial score (nSPS) is 57.7. The van der Waals surface area contributed by atoms with Crippen LogP contribution in [0.1, 0.15) is 59.3 Å². The smallest absolute Gasteiger partial charge is 0.156 e. The van der Waals surface area contributed by atoms with Crippen molar-refractivity contribution in [2.45, 2.75) is 77.1 Å². The predicted molar refractivity (Wildman–Crippen MR) is 97.4 cm³/mol. The van der Waals surface area contributed by atoms with E-state index in [1.165, 1.54) is 5.57 Å². The first-order valence-electron chi connectivity index (χ1n) is 9.95. The van der Waals surface area contributed by atoms with Gasteiger partial charge in [0.2, 0.25) is 0 Å². The molecule has 3 N–H and O–H groups in total. The van der Waals surface area contributed by atoms with E-state index in [1.807, 2.05) is 0 Å². The maximum absolute atomic E-state index is 11.2. The van der Waals surface area contributed by atoms with Crippen LogP contribution in [0.2, 0.25) is 0 Å². The first kappa shape index (κ1) is 17.6. The molecule has 3 nitrogen and oxygen atoms in total. The van der Waals surface area contributed by atoms with Gasteiger partial charge in [-0.15, -0.1) is 6.42 Å². The zero-order valence-corrected chi connectivity index (χ0v) is 15.7. The molecular weight excluding hydrogens is 312 g/mol. The molecule has 9 atom stereocenters. The lowest BCUT2D eigenvalue weighted by Crippen LogP contribution is -2.56. The molecule has 3 unspecified atom stereocenters. The van der Waals surface area contributed by atoms with Gasteiger partial charge in [0, 0.05) is 5.41 Å². The van der Waals surface area contributed by atoms with Crippen molar-refractivity contribution < 1.29 is 15.3 Å². The molecule has 0 radical (unpaired) electrons. The Hall–Kier alpha value is -0.820. The fourth-order valence-electron chi connectivity index (χ4n) is 7.47. The van der Waals surface area contributed by atoms with Gasteiger partial charge in [-0.1, -0.05) is 38.3 Å². The molecule has 0 amide bonds. The van der Waals surface area contributed by atoms with Crippen molar-refractivity contribution in [2.75, 3.05) is 0 Å². The average molecular weight is 344 g/mol. The molecule has 0 spiro atoms. The van der Waals surface area contributed by atoms with E-state index in [2.05, 4.69) is 32.8 Å². The molecule has 138 valence electrons. The lowest BCUT2D eigenvalue weighted by atomic mass is 9.46. The molecule has 4 rings (SSSR count). The molecule has 0 aliphatic heterocycles. The quantitative estimate of drug-likeness (QED) is 0.468. The molecule has 0 aromatic rings. The van der Waals surface area contributed by atoms with E-state index in [0.29, 0.717) is 11.8 Å². The van der Waals surface area contributed by atoms with Gasteiger partial charge >= 0.3 is 0 Å². The van der Waals surface area contributed by atoms with Crippen LogP contribution in [0.5, 0.6) is 0 Å². The molecule has 0 saturated heterocycles. The van der Waals surface area contributed by atoms with E-state index < -0.39 is 17.1 Å². The minimum absolute atomic E-state index is 0.00609. The zero-order chi connectivity index (χ0) is 18.2. The highest BCUT2D eigenvalue weighted by atomic mass is 16.3. The first-order chi connectivity index (χ1) is 11.7. The molecule has 4 aliphatic carbocycles. The third kappa shape index (κ3) is 2.00. The fourth-order valence-corrected chi connectivity index (χ4v) is 7.47. The van der Waals surface area contributed by atoms with Crippen molar-refractivity contribution in [3.8, 4) is 12.3 Å². The fraction of sp³-hybridized carbons (Fsp3) is 0.818. The second kappa shape index (κ2) is 5.35. The van der Waals surface area contributed by atoms with Crippen molar-refractivity contribution in [1.29, 1.82) is 0 Å². The van der Waals surface area contributed by atoms with Crippen LogP contribution in [0.15, 0.2) is 11.6 Å². The molecule has 0 heterocycles. The van der Waals surface area contributed by atoms with Crippen LogP contribution < -0.4 is 0 Å². The summed E-state index contributed by atoms with van der Waals surface area (Å²) in [5, 5.41) is 32.1. The molecule has 3 heteroatoms. The summed E-state index contributed by atoms with van der Waals surface area (Å²) in [6.45, 7) is 6.55. The number of aliphatic hydroxyl groups excluding tert-OH is 2. The van der Waals surface area contributed by atoms with E-state index in [-0.39, 0.29) is 23.4 Å². The Morgan fingerprint density at radius 3 is 2.60 bits per heavy atom. The maximum atomic E-state index is 11.2. The third-order valence-electron chi connectivity index (χ3n) is 8.91. The number of aliphatic hydroxyl groups is 3. The molecular formula is C22H32O3. The summed E-state index contributed by atoms with van der Waals surface area (Å²) in [5.74, 6) is 3.85. The van der Waals surface area contributed by atoms with Crippen molar-refractivity contribution in [3.63, 3.8) is 0 Å². The van der Waals surface area contributed by atoms with Gasteiger partial charge in [0.15, 0.2) is 5.60 Å². The van der Waals surface area contributed by atoms with Crippen LogP contribution in [-0.4, -0.2) is 33.1 Å². The Bertz CT molecular complexity index is 648. The van der Waals surface area contributed by atoms with Gasteiger partial charge in [0.25, 0.3) is 0 Å². The number of fused-ring (bicyclic) bond motifs is 5. The highest BCUT2D eigenvalue weighted by Crippen LogP contribution is 2.68. The van der Waals surface area contributed by atoms with E-state index in [0.717, 1.165) is 38.5 Å².